The molecule has 0 radical (unpaired) electrons. The largest absolute Gasteiger partial charge is 0.573 e. The molecule has 19 heavy (non-hydrogen) atoms. The van der Waals surface area contributed by atoms with Gasteiger partial charge in [-0.1, -0.05) is 12.1 Å². The molecule has 0 bridgehead atoms. The van der Waals surface area contributed by atoms with Crippen LogP contribution in [0.5, 0.6) is 5.75 Å². The maximum Gasteiger partial charge on any atom is 0.573 e. The van der Waals surface area contributed by atoms with E-state index in [1.165, 1.54) is 12.1 Å². The van der Waals surface area contributed by atoms with Gasteiger partial charge in [0, 0.05) is 0 Å². The molecule has 0 aromatic heterocycles. The highest BCUT2D eigenvalue weighted by Crippen LogP contribution is 2.22. The van der Waals surface area contributed by atoms with E-state index in [0.717, 1.165) is 12.1 Å². The lowest BCUT2D eigenvalue weighted by Crippen LogP contribution is -2.41. The molecule has 1 aromatic carbocycles. The topological polar surface area (TPSA) is 87.7 Å². The van der Waals surface area contributed by atoms with Gasteiger partial charge in [-0.15, -0.1) is 13.2 Å². The zero-order chi connectivity index (χ0) is 14.5. The van der Waals surface area contributed by atoms with Crippen LogP contribution in [0.4, 0.5) is 18.0 Å². The van der Waals surface area contributed by atoms with Crippen molar-refractivity contribution < 1.29 is 32.6 Å². The Kier molecular flexibility index (Phi) is 4.56. The molecule has 9 heteroatoms. The Labute approximate surface area is 105 Å². The molecule has 104 valence electrons. The van der Waals surface area contributed by atoms with Gasteiger partial charge in [0.15, 0.2) is 0 Å². The number of ether oxygens (including phenoxy) is 1. The second kappa shape index (κ2) is 5.94. The van der Waals surface area contributed by atoms with Gasteiger partial charge in [-0.2, -0.15) is 0 Å². The summed E-state index contributed by atoms with van der Waals surface area (Å²) >= 11 is 0. The van der Waals surface area contributed by atoms with Crippen LogP contribution in [0, 0.1) is 0 Å². The summed E-state index contributed by atoms with van der Waals surface area (Å²) in [6, 6.07) is 4.64. The second-order valence-corrected chi connectivity index (χ2v) is 3.35. The van der Waals surface area contributed by atoms with E-state index in [2.05, 4.69) is 4.74 Å². The van der Waals surface area contributed by atoms with Gasteiger partial charge in [0.1, 0.15) is 5.75 Å². The van der Waals surface area contributed by atoms with Gasteiger partial charge in [0.25, 0.3) is 0 Å². The van der Waals surface area contributed by atoms with Crippen LogP contribution in [0.15, 0.2) is 24.3 Å². The average molecular weight is 278 g/mol. The fraction of sp³-hybridized carbons (Fsp3) is 0.200. The molecule has 0 aliphatic rings. The fourth-order valence-corrected chi connectivity index (χ4v) is 1.16. The number of amides is 2. The molecule has 0 atom stereocenters. The van der Waals surface area contributed by atoms with E-state index >= 15 is 0 Å². The lowest BCUT2D eigenvalue weighted by atomic mass is 10.1. The second-order valence-electron chi connectivity index (χ2n) is 3.35. The number of nitrogens with one attached hydrogen (secondary N) is 2. The number of halogens is 3. The van der Waals surface area contributed by atoms with E-state index in [1.807, 2.05) is 5.43 Å². The van der Waals surface area contributed by atoms with Gasteiger partial charge in [0.2, 0.25) is 5.91 Å². The zero-order valence-electron chi connectivity index (χ0n) is 9.32. The van der Waals surface area contributed by atoms with Crippen molar-refractivity contribution in [1.29, 1.82) is 0 Å². The van der Waals surface area contributed by atoms with Crippen LogP contribution in [0.2, 0.25) is 0 Å². The maximum atomic E-state index is 11.9. The Bertz CT molecular complexity index is 459. The number of hydrogen-bond donors (Lipinski definition) is 3. The maximum absolute atomic E-state index is 11.9. The van der Waals surface area contributed by atoms with Gasteiger partial charge in [0.05, 0.1) is 6.42 Å². The molecule has 0 heterocycles. The number of hydrazine groups is 1. The Balaban J connectivity index is 2.52. The molecule has 6 nitrogen and oxygen atoms in total. The molecule has 2 amide bonds. The SMILES string of the molecule is O=C(O)NNC(=O)Cc1ccc(OC(F)(F)F)cc1. The molecule has 1 rings (SSSR count). The summed E-state index contributed by atoms with van der Waals surface area (Å²) in [6.45, 7) is 0. The number of hydrogen-bond acceptors (Lipinski definition) is 3. The predicted octanol–water partition coefficient (Wildman–Crippen LogP) is 1.43. The Morgan fingerprint density at radius 3 is 2.21 bits per heavy atom. The van der Waals surface area contributed by atoms with Gasteiger partial charge < -0.3 is 9.84 Å². The van der Waals surface area contributed by atoms with E-state index in [1.54, 1.807) is 5.43 Å². The van der Waals surface area contributed by atoms with E-state index < -0.39 is 24.1 Å². The summed E-state index contributed by atoms with van der Waals surface area (Å²) in [6.07, 6.45) is -6.39. The van der Waals surface area contributed by atoms with E-state index in [4.69, 9.17) is 5.11 Å². The lowest BCUT2D eigenvalue weighted by molar-refractivity contribution is -0.274. The first-order valence-corrected chi connectivity index (χ1v) is 4.89. The molecule has 0 spiro atoms. The standard InChI is InChI=1S/C10H9F3N2O4/c11-10(12,13)19-7-3-1-6(2-4-7)5-8(16)14-15-9(17)18/h1-4,15H,5H2,(H,14,16)(H,17,18). The number of alkyl halides is 3. The first-order chi connectivity index (χ1) is 8.76. The van der Waals surface area contributed by atoms with Crippen molar-refractivity contribution in [1.82, 2.24) is 10.9 Å². The van der Waals surface area contributed by atoms with Crippen molar-refractivity contribution in [3.63, 3.8) is 0 Å². The smallest absolute Gasteiger partial charge is 0.464 e. The number of carbonyl (C=O) groups excluding carboxylic acids is 1. The molecule has 0 aliphatic carbocycles. The van der Waals surface area contributed by atoms with Gasteiger partial charge in [-0.05, 0) is 17.7 Å². The first-order valence-electron chi connectivity index (χ1n) is 4.89. The molecular formula is C10H9F3N2O4. The van der Waals surface area contributed by atoms with E-state index in [9.17, 15) is 22.8 Å². The Morgan fingerprint density at radius 1 is 1.16 bits per heavy atom. The third-order valence-electron chi connectivity index (χ3n) is 1.83. The quantitative estimate of drug-likeness (QED) is 0.730. The normalized spacial score (nSPS) is 10.7. The molecule has 1 aromatic rings. The monoisotopic (exact) mass is 278 g/mol. The number of carboxylic acid groups (broad SMARTS) is 1. The summed E-state index contributed by atoms with van der Waals surface area (Å²) in [5.41, 5.74) is 3.94. The molecule has 0 aliphatic heterocycles. The van der Waals surface area contributed by atoms with Crippen LogP contribution in [0.1, 0.15) is 5.56 Å². The average Bonchev–Trinajstić information content (AvgIpc) is 2.27. The Hall–Kier alpha value is -2.45. The summed E-state index contributed by atoms with van der Waals surface area (Å²) < 4.78 is 39.3. The molecular weight excluding hydrogens is 269 g/mol. The number of benzene rings is 1. The van der Waals surface area contributed by atoms with Crippen molar-refractivity contribution in [3.8, 4) is 5.75 Å². The highest BCUT2D eigenvalue weighted by molar-refractivity contribution is 5.80. The molecule has 0 saturated carbocycles. The molecule has 0 saturated heterocycles. The minimum atomic E-state index is -4.77. The third kappa shape index (κ3) is 6.15. The Morgan fingerprint density at radius 2 is 1.74 bits per heavy atom. The summed E-state index contributed by atoms with van der Waals surface area (Å²) in [4.78, 5) is 21.3. The van der Waals surface area contributed by atoms with Crippen molar-refractivity contribution in [2.75, 3.05) is 0 Å². The summed E-state index contributed by atoms with van der Waals surface area (Å²) in [5, 5.41) is 8.22. The van der Waals surface area contributed by atoms with Crippen molar-refractivity contribution in [2.24, 2.45) is 0 Å². The van der Waals surface area contributed by atoms with Crippen molar-refractivity contribution in [3.05, 3.63) is 29.8 Å². The third-order valence-corrected chi connectivity index (χ3v) is 1.83. The van der Waals surface area contributed by atoms with Crippen LogP contribution in [-0.2, 0) is 11.2 Å². The minimum Gasteiger partial charge on any atom is -0.464 e. The van der Waals surface area contributed by atoms with Crippen LogP contribution in [0.25, 0.3) is 0 Å². The predicted molar refractivity (Wildman–Crippen MR) is 56.1 cm³/mol. The van der Waals surface area contributed by atoms with Gasteiger partial charge in [-0.25, -0.2) is 10.2 Å². The molecule has 0 unspecified atom stereocenters. The van der Waals surface area contributed by atoms with Crippen molar-refractivity contribution >= 4 is 12.0 Å². The van der Waals surface area contributed by atoms with E-state index in [0.29, 0.717) is 5.56 Å². The van der Waals surface area contributed by atoms with Crippen LogP contribution < -0.4 is 15.6 Å². The summed E-state index contributed by atoms with van der Waals surface area (Å²) in [7, 11) is 0. The minimum absolute atomic E-state index is 0.188. The molecule has 3 N–H and O–H groups in total. The lowest BCUT2D eigenvalue weighted by Gasteiger charge is -2.09. The highest BCUT2D eigenvalue weighted by atomic mass is 19.4. The number of carbonyl (C=O) groups is 2. The van der Waals surface area contributed by atoms with Gasteiger partial charge >= 0.3 is 12.5 Å². The molecule has 0 fully saturated rings. The number of rotatable bonds is 3. The summed E-state index contributed by atoms with van der Waals surface area (Å²) in [5.74, 6) is -1.05. The van der Waals surface area contributed by atoms with E-state index in [-0.39, 0.29) is 6.42 Å². The van der Waals surface area contributed by atoms with Crippen LogP contribution >= 0.6 is 0 Å². The zero-order valence-corrected chi connectivity index (χ0v) is 9.32. The van der Waals surface area contributed by atoms with Crippen molar-refractivity contribution in [2.45, 2.75) is 12.8 Å². The van der Waals surface area contributed by atoms with Crippen LogP contribution in [0.3, 0.4) is 0 Å². The fourth-order valence-electron chi connectivity index (χ4n) is 1.16. The first kappa shape index (κ1) is 14.6. The van der Waals surface area contributed by atoms with Crippen LogP contribution in [-0.4, -0.2) is 23.5 Å². The van der Waals surface area contributed by atoms with Gasteiger partial charge in [-0.3, -0.25) is 10.2 Å². The highest BCUT2D eigenvalue weighted by Gasteiger charge is 2.30.